The second-order valence-electron chi connectivity index (χ2n) is 4.85. The number of nitrogens with one attached hydrogen (secondary N) is 1. The van der Waals surface area contributed by atoms with E-state index in [1.54, 1.807) is 18.1 Å². The summed E-state index contributed by atoms with van der Waals surface area (Å²) in [6.07, 6.45) is 5.13. The van der Waals surface area contributed by atoms with Crippen molar-refractivity contribution in [1.82, 2.24) is 19.7 Å². The molecule has 0 aliphatic heterocycles. The van der Waals surface area contributed by atoms with E-state index in [0.717, 1.165) is 40.7 Å². The molecule has 2 heterocycles. The van der Waals surface area contributed by atoms with Crippen LogP contribution in [0.3, 0.4) is 0 Å². The summed E-state index contributed by atoms with van der Waals surface area (Å²) >= 11 is 3.47. The molecule has 2 aromatic rings. The number of fused-ring (bicyclic) bond motifs is 1. The topological polar surface area (TPSA) is 64.9 Å². The van der Waals surface area contributed by atoms with Crippen molar-refractivity contribution in [3.8, 4) is 0 Å². The van der Waals surface area contributed by atoms with E-state index in [0.29, 0.717) is 12.1 Å². The summed E-state index contributed by atoms with van der Waals surface area (Å²) in [7, 11) is 3.65. The van der Waals surface area contributed by atoms with E-state index in [4.69, 9.17) is 4.74 Å². The van der Waals surface area contributed by atoms with Crippen molar-refractivity contribution in [2.75, 3.05) is 12.4 Å². The van der Waals surface area contributed by atoms with Crippen LogP contribution < -0.4 is 5.32 Å². The third-order valence-corrected chi connectivity index (χ3v) is 4.19. The van der Waals surface area contributed by atoms with Gasteiger partial charge in [0, 0.05) is 20.2 Å². The lowest BCUT2D eigenvalue weighted by Gasteiger charge is -2.14. The molecule has 3 rings (SSSR count). The predicted molar refractivity (Wildman–Crippen MR) is 76.1 cm³/mol. The van der Waals surface area contributed by atoms with E-state index >= 15 is 0 Å². The Hall–Kier alpha value is -1.21. The number of anilines is 1. The van der Waals surface area contributed by atoms with E-state index in [2.05, 4.69) is 36.3 Å². The number of rotatable bonds is 3. The zero-order valence-electron chi connectivity index (χ0n) is 10.9. The van der Waals surface area contributed by atoms with Crippen LogP contribution in [-0.2, 0) is 11.8 Å². The van der Waals surface area contributed by atoms with Gasteiger partial charge in [-0.05, 0) is 35.2 Å². The van der Waals surface area contributed by atoms with Crippen LogP contribution in [-0.4, -0.2) is 39.0 Å². The minimum absolute atomic E-state index is 0.354. The molecule has 0 bridgehead atoms. The van der Waals surface area contributed by atoms with Crippen molar-refractivity contribution in [3.63, 3.8) is 0 Å². The quantitative estimate of drug-likeness (QED) is 0.936. The van der Waals surface area contributed by atoms with Crippen LogP contribution in [0.15, 0.2) is 10.9 Å². The Kier molecular flexibility index (Phi) is 3.40. The number of nitrogens with zero attached hydrogens (tertiary/aromatic N) is 4. The molecule has 102 valence electrons. The first-order chi connectivity index (χ1) is 9.19. The Morgan fingerprint density at radius 2 is 2.26 bits per heavy atom. The van der Waals surface area contributed by atoms with Crippen molar-refractivity contribution < 1.29 is 4.74 Å². The standard InChI is InChI=1S/C12H16BrN5O/c1-18-12-9(10(13)17-18)11(14-6-15-12)16-7-3-4-8(5-7)19-2/h6-8H,3-5H2,1-2H3,(H,14,15,16). The molecule has 1 N–H and O–H groups in total. The van der Waals surface area contributed by atoms with Gasteiger partial charge in [0.1, 0.15) is 16.7 Å². The molecule has 0 aromatic carbocycles. The Morgan fingerprint density at radius 3 is 3.00 bits per heavy atom. The third-order valence-electron chi connectivity index (χ3n) is 3.64. The molecule has 2 unspecified atom stereocenters. The molecule has 1 aliphatic carbocycles. The maximum absolute atomic E-state index is 5.40. The molecule has 2 aromatic heterocycles. The SMILES string of the molecule is COC1CCC(Nc2ncnc3c2c(Br)nn3C)C1. The van der Waals surface area contributed by atoms with Gasteiger partial charge in [-0.25, -0.2) is 14.6 Å². The van der Waals surface area contributed by atoms with Crippen molar-refractivity contribution >= 4 is 32.8 Å². The van der Waals surface area contributed by atoms with Gasteiger partial charge in [0.15, 0.2) is 5.65 Å². The molecule has 0 amide bonds. The van der Waals surface area contributed by atoms with Gasteiger partial charge >= 0.3 is 0 Å². The monoisotopic (exact) mass is 325 g/mol. The average Bonchev–Trinajstić information content (AvgIpc) is 2.96. The summed E-state index contributed by atoms with van der Waals surface area (Å²) in [6.45, 7) is 0. The number of aryl methyl sites for hydroxylation is 1. The highest BCUT2D eigenvalue weighted by atomic mass is 79.9. The van der Waals surface area contributed by atoms with E-state index in [1.165, 1.54) is 0 Å². The van der Waals surface area contributed by atoms with Crippen molar-refractivity contribution in [2.45, 2.75) is 31.4 Å². The van der Waals surface area contributed by atoms with Crippen LogP contribution in [0.5, 0.6) is 0 Å². The molecule has 0 saturated heterocycles. The fraction of sp³-hybridized carbons (Fsp3) is 0.583. The number of ether oxygens (including phenoxy) is 1. The van der Waals surface area contributed by atoms with Crippen LogP contribution in [0.2, 0.25) is 0 Å². The summed E-state index contributed by atoms with van der Waals surface area (Å²) in [6, 6.07) is 0.398. The van der Waals surface area contributed by atoms with Gasteiger partial charge < -0.3 is 10.1 Å². The molecule has 0 radical (unpaired) electrons. The zero-order valence-corrected chi connectivity index (χ0v) is 12.5. The highest BCUT2D eigenvalue weighted by molar-refractivity contribution is 9.10. The van der Waals surface area contributed by atoms with E-state index < -0.39 is 0 Å². The second-order valence-corrected chi connectivity index (χ2v) is 5.60. The molecule has 1 aliphatic rings. The van der Waals surface area contributed by atoms with Crippen LogP contribution in [0.25, 0.3) is 11.0 Å². The van der Waals surface area contributed by atoms with Gasteiger partial charge in [-0.2, -0.15) is 5.10 Å². The Morgan fingerprint density at radius 1 is 1.42 bits per heavy atom. The first-order valence-electron chi connectivity index (χ1n) is 6.31. The molecule has 1 fully saturated rings. The smallest absolute Gasteiger partial charge is 0.164 e. The summed E-state index contributed by atoms with van der Waals surface area (Å²) < 4.78 is 7.92. The number of aromatic nitrogens is 4. The molecule has 1 saturated carbocycles. The second kappa shape index (κ2) is 5.05. The number of methoxy groups -OCH3 is 1. The number of hydrogen-bond acceptors (Lipinski definition) is 5. The summed E-state index contributed by atoms with van der Waals surface area (Å²) in [4.78, 5) is 8.61. The average molecular weight is 326 g/mol. The lowest BCUT2D eigenvalue weighted by molar-refractivity contribution is 0.108. The van der Waals surface area contributed by atoms with Gasteiger partial charge in [-0.15, -0.1) is 0 Å². The van der Waals surface area contributed by atoms with Crippen LogP contribution in [0.4, 0.5) is 5.82 Å². The maximum Gasteiger partial charge on any atom is 0.164 e. The van der Waals surface area contributed by atoms with Gasteiger partial charge in [0.2, 0.25) is 0 Å². The van der Waals surface area contributed by atoms with Crippen LogP contribution >= 0.6 is 15.9 Å². The van der Waals surface area contributed by atoms with Gasteiger partial charge in [-0.1, -0.05) is 0 Å². The fourth-order valence-corrected chi connectivity index (χ4v) is 3.23. The molecule has 0 spiro atoms. The van der Waals surface area contributed by atoms with Gasteiger partial charge in [0.05, 0.1) is 11.5 Å². The zero-order chi connectivity index (χ0) is 13.4. The van der Waals surface area contributed by atoms with Crippen LogP contribution in [0, 0.1) is 0 Å². The largest absolute Gasteiger partial charge is 0.381 e. The molecule has 2 atom stereocenters. The van der Waals surface area contributed by atoms with Crippen LogP contribution in [0.1, 0.15) is 19.3 Å². The molecular formula is C12H16BrN5O. The molecule has 6 nitrogen and oxygen atoms in total. The van der Waals surface area contributed by atoms with E-state index in [1.807, 2.05) is 7.05 Å². The minimum Gasteiger partial charge on any atom is -0.381 e. The highest BCUT2D eigenvalue weighted by Gasteiger charge is 2.25. The van der Waals surface area contributed by atoms with Crippen molar-refractivity contribution in [2.24, 2.45) is 7.05 Å². The summed E-state index contributed by atoms with van der Waals surface area (Å²) in [5, 5.41) is 8.75. The Bertz CT molecular complexity index is 599. The van der Waals surface area contributed by atoms with Gasteiger partial charge in [-0.3, -0.25) is 0 Å². The number of hydrogen-bond donors (Lipinski definition) is 1. The number of halogens is 1. The summed E-state index contributed by atoms with van der Waals surface area (Å²) in [5.74, 6) is 0.840. The summed E-state index contributed by atoms with van der Waals surface area (Å²) in [5.41, 5.74) is 0.825. The maximum atomic E-state index is 5.40. The first kappa shape index (κ1) is 12.8. The fourth-order valence-electron chi connectivity index (χ4n) is 2.63. The lowest BCUT2D eigenvalue weighted by atomic mass is 10.2. The normalized spacial score (nSPS) is 23.1. The first-order valence-corrected chi connectivity index (χ1v) is 7.11. The highest BCUT2D eigenvalue weighted by Crippen LogP contribution is 2.30. The van der Waals surface area contributed by atoms with E-state index in [-0.39, 0.29) is 0 Å². The van der Waals surface area contributed by atoms with Crippen molar-refractivity contribution in [1.29, 1.82) is 0 Å². The predicted octanol–water partition coefficient (Wildman–Crippen LogP) is 2.11. The lowest BCUT2D eigenvalue weighted by Crippen LogP contribution is -2.18. The minimum atomic E-state index is 0.354. The van der Waals surface area contributed by atoms with Gasteiger partial charge in [0.25, 0.3) is 0 Å². The molecule has 7 heteroatoms. The Labute approximate surface area is 119 Å². The Balaban J connectivity index is 1.89. The molecular weight excluding hydrogens is 310 g/mol. The van der Waals surface area contributed by atoms with E-state index in [9.17, 15) is 0 Å². The molecule has 19 heavy (non-hydrogen) atoms. The van der Waals surface area contributed by atoms with Crippen molar-refractivity contribution in [3.05, 3.63) is 10.9 Å². The third kappa shape index (κ3) is 2.32.